The molecule has 11 heteroatoms. The number of amides is 1. The number of hydrogen-bond acceptors (Lipinski definition) is 8. The Labute approximate surface area is 202 Å². The van der Waals surface area contributed by atoms with Crippen LogP contribution in [-0.4, -0.2) is 108 Å². The Morgan fingerprint density at radius 1 is 0.941 bits per heavy atom. The molecular weight excluding hydrogens is 460 g/mol. The summed E-state index contributed by atoms with van der Waals surface area (Å²) in [6.45, 7) is 7.60. The summed E-state index contributed by atoms with van der Waals surface area (Å²) in [6, 6.07) is 4.99. The molecule has 0 aliphatic carbocycles. The zero-order chi connectivity index (χ0) is 24.7. The fourth-order valence-corrected chi connectivity index (χ4v) is 5.80. The number of piperazine rings is 2. The molecule has 10 nitrogen and oxygen atoms in total. The van der Waals surface area contributed by atoms with Crippen molar-refractivity contribution in [3.05, 3.63) is 18.2 Å². The lowest BCUT2D eigenvalue weighted by Crippen LogP contribution is -2.49. The minimum absolute atomic E-state index is 0.0121. The zero-order valence-electron chi connectivity index (χ0n) is 20.4. The van der Waals surface area contributed by atoms with Crippen molar-refractivity contribution in [1.29, 1.82) is 0 Å². The standard InChI is InChI=1S/C23H36N4O6S/c1-4-24-10-16-27(17-11-24)34(30,31)19-8-9-21(32-2)20(18-19)25-12-14-26(15-13-25)22(28)6-5-7-23(29)33-3/h8-9,18H,4-7,10-17H2,1-3H3. The SMILES string of the molecule is CCN1CCN(S(=O)(=O)c2ccc(OC)c(N3CCN(C(=O)CCCC(=O)OC)CC3)c2)CC1. The highest BCUT2D eigenvalue weighted by molar-refractivity contribution is 7.89. The molecule has 2 aliphatic heterocycles. The lowest BCUT2D eigenvalue weighted by Gasteiger charge is -2.37. The number of likely N-dealkylation sites (N-methyl/N-ethyl adjacent to an activating group) is 1. The lowest BCUT2D eigenvalue weighted by atomic mass is 10.2. The molecule has 2 aliphatic rings. The number of carbonyl (C=O) groups is 2. The molecule has 0 radical (unpaired) electrons. The van der Waals surface area contributed by atoms with Crippen LogP contribution >= 0.6 is 0 Å². The first kappa shape index (κ1) is 26.2. The van der Waals surface area contributed by atoms with Gasteiger partial charge in [0.05, 0.1) is 24.8 Å². The summed E-state index contributed by atoms with van der Waals surface area (Å²) in [5.74, 6) is 0.303. The number of anilines is 1. The second-order valence-corrected chi connectivity index (χ2v) is 10.4. The van der Waals surface area contributed by atoms with E-state index in [1.165, 1.54) is 7.11 Å². The highest BCUT2D eigenvalue weighted by atomic mass is 32.2. The van der Waals surface area contributed by atoms with Crippen LogP contribution < -0.4 is 9.64 Å². The van der Waals surface area contributed by atoms with Crippen LogP contribution in [0.3, 0.4) is 0 Å². The van der Waals surface area contributed by atoms with Crippen LogP contribution in [0.25, 0.3) is 0 Å². The van der Waals surface area contributed by atoms with Crippen LogP contribution in [0.2, 0.25) is 0 Å². The number of nitrogens with zero attached hydrogens (tertiary/aromatic N) is 4. The van der Waals surface area contributed by atoms with Gasteiger partial charge in [-0.2, -0.15) is 4.31 Å². The Balaban J connectivity index is 1.65. The van der Waals surface area contributed by atoms with Gasteiger partial charge in [-0.05, 0) is 31.2 Å². The van der Waals surface area contributed by atoms with E-state index >= 15 is 0 Å². The van der Waals surface area contributed by atoms with Crippen LogP contribution in [0.15, 0.2) is 23.1 Å². The molecule has 0 aromatic heterocycles. The average Bonchev–Trinajstić information content (AvgIpc) is 2.88. The third-order valence-electron chi connectivity index (χ3n) is 6.54. The number of hydrogen-bond donors (Lipinski definition) is 0. The molecule has 0 atom stereocenters. The molecule has 0 spiro atoms. The molecule has 0 N–H and O–H groups in total. The van der Waals surface area contributed by atoms with Crippen LogP contribution in [0.4, 0.5) is 5.69 Å². The molecule has 2 heterocycles. The van der Waals surface area contributed by atoms with E-state index in [0.717, 1.165) is 19.6 Å². The van der Waals surface area contributed by atoms with E-state index in [-0.39, 0.29) is 23.2 Å². The van der Waals surface area contributed by atoms with E-state index in [0.29, 0.717) is 63.5 Å². The Kier molecular flexibility index (Phi) is 9.15. The van der Waals surface area contributed by atoms with Crippen molar-refractivity contribution in [2.45, 2.75) is 31.1 Å². The van der Waals surface area contributed by atoms with Gasteiger partial charge in [-0.3, -0.25) is 9.59 Å². The summed E-state index contributed by atoms with van der Waals surface area (Å²) in [6.07, 6.45) is 0.998. The Morgan fingerprint density at radius 3 is 2.21 bits per heavy atom. The van der Waals surface area contributed by atoms with Crippen molar-refractivity contribution in [2.75, 3.05) is 78.0 Å². The number of carbonyl (C=O) groups excluding carboxylic acids is 2. The first-order chi connectivity index (χ1) is 16.3. The molecule has 0 bridgehead atoms. The molecule has 190 valence electrons. The number of esters is 1. The van der Waals surface area contributed by atoms with Crippen LogP contribution in [0.1, 0.15) is 26.2 Å². The Hall–Kier alpha value is -2.37. The van der Waals surface area contributed by atoms with Crippen LogP contribution in [-0.2, 0) is 24.3 Å². The van der Waals surface area contributed by atoms with Gasteiger partial charge in [-0.15, -0.1) is 0 Å². The van der Waals surface area contributed by atoms with E-state index < -0.39 is 10.0 Å². The van der Waals surface area contributed by atoms with Crippen LogP contribution in [0, 0.1) is 0 Å². The smallest absolute Gasteiger partial charge is 0.305 e. The molecule has 1 amide bonds. The van der Waals surface area contributed by atoms with E-state index in [4.69, 9.17) is 4.74 Å². The molecule has 1 aromatic carbocycles. The normalized spacial score (nSPS) is 18.1. The van der Waals surface area contributed by atoms with Gasteiger partial charge < -0.3 is 24.2 Å². The average molecular weight is 497 g/mol. The molecule has 1 aromatic rings. The molecule has 2 fully saturated rings. The molecule has 0 unspecified atom stereocenters. The fourth-order valence-electron chi connectivity index (χ4n) is 4.35. The minimum Gasteiger partial charge on any atom is -0.495 e. The number of rotatable bonds is 9. The van der Waals surface area contributed by atoms with Gasteiger partial charge in [0.15, 0.2) is 0 Å². The third-order valence-corrected chi connectivity index (χ3v) is 8.43. The van der Waals surface area contributed by atoms with Gasteiger partial charge in [0.2, 0.25) is 15.9 Å². The van der Waals surface area contributed by atoms with Crippen molar-refractivity contribution in [3.8, 4) is 5.75 Å². The van der Waals surface area contributed by atoms with Gasteiger partial charge >= 0.3 is 5.97 Å². The summed E-state index contributed by atoms with van der Waals surface area (Å²) >= 11 is 0. The lowest BCUT2D eigenvalue weighted by molar-refractivity contribution is -0.140. The molecule has 34 heavy (non-hydrogen) atoms. The highest BCUT2D eigenvalue weighted by Crippen LogP contribution is 2.33. The molecule has 2 saturated heterocycles. The summed E-state index contributed by atoms with van der Waals surface area (Å²) < 4.78 is 38.3. The summed E-state index contributed by atoms with van der Waals surface area (Å²) in [4.78, 5) is 30.1. The van der Waals surface area contributed by atoms with Crippen molar-refractivity contribution in [2.24, 2.45) is 0 Å². The maximum atomic E-state index is 13.3. The van der Waals surface area contributed by atoms with Gasteiger partial charge in [-0.1, -0.05) is 6.92 Å². The van der Waals surface area contributed by atoms with Crippen molar-refractivity contribution in [3.63, 3.8) is 0 Å². The number of ether oxygens (including phenoxy) is 2. The topological polar surface area (TPSA) is 99.7 Å². The minimum atomic E-state index is -3.60. The Bertz CT molecular complexity index is 954. The van der Waals surface area contributed by atoms with Crippen molar-refractivity contribution < 1.29 is 27.5 Å². The van der Waals surface area contributed by atoms with E-state index in [2.05, 4.69) is 21.5 Å². The maximum absolute atomic E-state index is 13.3. The highest BCUT2D eigenvalue weighted by Gasteiger charge is 2.30. The second-order valence-electron chi connectivity index (χ2n) is 8.47. The quantitative estimate of drug-likeness (QED) is 0.467. The van der Waals surface area contributed by atoms with E-state index in [1.54, 1.807) is 34.5 Å². The van der Waals surface area contributed by atoms with E-state index in [1.807, 2.05) is 0 Å². The van der Waals surface area contributed by atoms with Crippen molar-refractivity contribution >= 4 is 27.6 Å². The second kappa shape index (κ2) is 11.9. The van der Waals surface area contributed by atoms with Gasteiger partial charge in [0, 0.05) is 65.2 Å². The third kappa shape index (κ3) is 6.19. The number of sulfonamides is 1. The predicted octanol–water partition coefficient (Wildman–Crippen LogP) is 1.01. The summed E-state index contributed by atoms with van der Waals surface area (Å²) in [5, 5.41) is 0. The molecule has 3 rings (SSSR count). The predicted molar refractivity (Wildman–Crippen MR) is 129 cm³/mol. The number of methoxy groups -OCH3 is 2. The number of benzene rings is 1. The summed E-state index contributed by atoms with van der Waals surface area (Å²) in [5.41, 5.74) is 0.716. The van der Waals surface area contributed by atoms with Gasteiger partial charge in [-0.25, -0.2) is 8.42 Å². The zero-order valence-corrected chi connectivity index (χ0v) is 21.2. The van der Waals surface area contributed by atoms with Crippen molar-refractivity contribution in [1.82, 2.24) is 14.1 Å². The van der Waals surface area contributed by atoms with Gasteiger partial charge in [0.25, 0.3) is 0 Å². The molecular formula is C23H36N4O6S. The maximum Gasteiger partial charge on any atom is 0.305 e. The summed E-state index contributed by atoms with van der Waals surface area (Å²) in [7, 11) is -0.696. The molecule has 0 saturated carbocycles. The fraction of sp³-hybridized carbons (Fsp3) is 0.652. The first-order valence-electron chi connectivity index (χ1n) is 11.8. The van der Waals surface area contributed by atoms with E-state index in [9.17, 15) is 18.0 Å². The largest absolute Gasteiger partial charge is 0.495 e. The monoisotopic (exact) mass is 496 g/mol. The van der Waals surface area contributed by atoms with Crippen LogP contribution in [0.5, 0.6) is 5.75 Å². The van der Waals surface area contributed by atoms with Gasteiger partial charge in [0.1, 0.15) is 5.75 Å². The first-order valence-corrected chi connectivity index (χ1v) is 13.2. The Morgan fingerprint density at radius 2 is 1.62 bits per heavy atom.